The zero-order valence-corrected chi connectivity index (χ0v) is 34.7. The number of methoxy groups -OCH3 is 1. The summed E-state index contributed by atoms with van der Waals surface area (Å²) in [6, 6.07) is -0.389. The Bertz CT molecular complexity index is 1200. The Morgan fingerprint density at radius 3 is 2.28 bits per heavy atom. The first-order chi connectivity index (χ1) is 24.6. The summed E-state index contributed by atoms with van der Waals surface area (Å²) in [5.41, 5.74) is -3.46. The fourth-order valence-electron chi connectivity index (χ4n) is 9.28. The van der Waals surface area contributed by atoms with E-state index in [9.17, 15) is 20.1 Å². The smallest absolute Gasteiger partial charge is 0.459 e. The standard InChI is InChI=1S/C38H70BN2O12/c1-15-27-38(10)33(52-39-53-38)24(6)41(13)19-20(2)17-36(8,45)32(51-35-29(42)26(40(11)12)16-21(3)47-35)22(4)30(23(5)34(44)49-27)50-28-18-37(9,46-14)31(43)25(7)48-28/h20-33,35,42-43,45H,15-19H2,1-14H3/t20-,21-,22+,23-,24-,25-,26+,27-,28-,29-,30+,31-,32-,33-,35+,36-,37+,38-/m1/s1. The number of carbonyl (C=O) groups excluding carboxylic acids is 1. The molecule has 0 unspecified atom stereocenters. The van der Waals surface area contributed by atoms with Gasteiger partial charge < -0.3 is 62.8 Å². The molecule has 3 N–H and O–H groups in total. The third kappa shape index (κ3) is 9.61. The highest BCUT2D eigenvalue weighted by Crippen LogP contribution is 2.41. The van der Waals surface area contributed by atoms with Gasteiger partial charge in [-0.2, -0.15) is 0 Å². The number of hydrogen-bond acceptors (Lipinski definition) is 14. The van der Waals surface area contributed by atoms with Gasteiger partial charge in [-0.25, -0.2) is 0 Å². The molecule has 14 nitrogen and oxygen atoms in total. The van der Waals surface area contributed by atoms with Crippen molar-refractivity contribution >= 4 is 13.7 Å². The molecular weight excluding hydrogens is 687 g/mol. The number of ether oxygens (including phenoxy) is 6. The minimum absolute atomic E-state index is 0.0350. The molecule has 4 heterocycles. The van der Waals surface area contributed by atoms with Crippen molar-refractivity contribution in [1.29, 1.82) is 0 Å². The van der Waals surface area contributed by atoms with Crippen LogP contribution in [-0.4, -0.2) is 164 Å². The van der Waals surface area contributed by atoms with Crippen LogP contribution >= 0.6 is 0 Å². The summed E-state index contributed by atoms with van der Waals surface area (Å²) in [5, 5.41) is 35.1. The van der Waals surface area contributed by atoms with Crippen molar-refractivity contribution in [2.24, 2.45) is 17.8 Å². The van der Waals surface area contributed by atoms with Gasteiger partial charge in [-0.3, -0.25) is 4.79 Å². The van der Waals surface area contributed by atoms with E-state index < -0.39 is 89.9 Å². The number of rotatable bonds is 7. The lowest BCUT2D eigenvalue weighted by Gasteiger charge is -2.48. The van der Waals surface area contributed by atoms with Crippen LogP contribution in [0.2, 0.25) is 0 Å². The maximum Gasteiger partial charge on any atom is 0.488 e. The van der Waals surface area contributed by atoms with Crippen LogP contribution in [0.5, 0.6) is 0 Å². The SMILES string of the molecule is CC[C@H]1OC(=O)[C@H](C)[C@@H](O[C@@H]2C[C@](C)(OC)[C@H](O)[C@@H](C)O2)[C@H](C)[C@@H](O[C@@H]2O[C@H](C)C[C@H](N(C)C)[C@H]2O)[C@](C)(O)C[C@@H](C)CN(C)[C@H](C)[C@H]2O[B]O[C@@]21C. The number of aliphatic hydroxyl groups excluding tert-OH is 2. The van der Waals surface area contributed by atoms with Crippen molar-refractivity contribution < 1.29 is 57.8 Å². The molecule has 307 valence electrons. The quantitative estimate of drug-likeness (QED) is 0.257. The lowest BCUT2D eigenvalue weighted by atomic mass is 9.77. The minimum atomic E-state index is -1.50. The highest BCUT2D eigenvalue weighted by molar-refractivity contribution is 6.19. The Morgan fingerprint density at radius 2 is 1.68 bits per heavy atom. The van der Waals surface area contributed by atoms with E-state index in [1.165, 1.54) is 14.8 Å². The molecule has 4 aliphatic rings. The number of nitrogens with zero attached hydrogens (tertiary/aromatic N) is 2. The maximum absolute atomic E-state index is 14.4. The molecule has 0 aliphatic carbocycles. The second kappa shape index (κ2) is 17.7. The van der Waals surface area contributed by atoms with E-state index >= 15 is 0 Å². The number of carbonyl (C=O) groups is 1. The number of cyclic esters (lactones) is 1. The van der Waals surface area contributed by atoms with Gasteiger partial charge in [-0.15, -0.1) is 0 Å². The maximum atomic E-state index is 14.4. The van der Waals surface area contributed by atoms with Gasteiger partial charge in [0.2, 0.25) is 0 Å². The molecule has 15 heteroatoms. The van der Waals surface area contributed by atoms with Crippen molar-refractivity contribution in [3.63, 3.8) is 0 Å². The molecule has 0 saturated carbocycles. The monoisotopic (exact) mass is 758 g/mol. The lowest BCUT2D eigenvalue weighted by Crippen LogP contribution is -2.60. The molecule has 0 bridgehead atoms. The number of likely N-dealkylation sites (N-methyl/N-ethyl adjacent to an activating group) is 2. The van der Waals surface area contributed by atoms with Crippen molar-refractivity contribution in [3.8, 4) is 0 Å². The van der Waals surface area contributed by atoms with Crippen LogP contribution in [0.15, 0.2) is 0 Å². The van der Waals surface area contributed by atoms with Crippen LogP contribution in [0.1, 0.15) is 94.9 Å². The van der Waals surface area contributed by atoms with Crippen molar-refractivity contribution in [3.05, 3.63) is 0 Å². The zero-order valence-electron chi connectivity index (χ0n) is 34.7. The van der Waals surface area contributed by atoms with E-state index in [0.29, 0.717) is 25.8 Å². The normalized spacial score (nSPS) is 49.8. The Labute approximate surface area is 318 Å². The molecular formula is C38H70BN2O12. The van der Waals surface area contributed by atoms with Crippen LogP contribution in [-0.2, 0) is 42.5 Å². The molecule has 53 heavy (non-hydrogen) atoms. The third-order valence-corrected chi connectivity index (χ3v) is 12.6. The van der Waals surface area contributed by atoms with Gasteiger partial charge >= 0.3 is 13.7 Å². The summed E-state index contributed by atoms with van der Waals surface area (Å²) in [4.78, 5) is 18.5. The predicted molar refractivity (Wildman–Crippen MR) is 198 cm³/mol. The number of aliphatic hydroxyl groups is 3. The summed E-state index contributed by atoms with van der Waals surface area (Å²) in [6.07, 6.45) is -6.25. The van der Waals surface area contributed by atoms with Gasteiger partial charge in [-0.1, -0.05) is 20.8 Å². The Balaban J connectivity index is 1.81. The van der Waals surface area contributed by atoms with E-state index in [4.69, 9.17) is 37.7 Å². The van der Waals surface area contributed by atoms with E-state index in [2.05, 4.69) is 18.7 Å². The zero-order chi connectivity index (χ0) is 39.8. The summed E-state index contributed by atoms with van der Waals surface area (Å²) in [7, 11) is 8.70. The molecule has 1 radical (unpaired) electrons. The van der Waals surface area contributed by atoms with Gasteiger partial charge in [0, 0.05) is 38.1 Å². The van der Waals surface area contributed by atoms with Crippen molar-refractivity contribution in [1.82, 2.24) is 9.80 Å². The van der Waals surface area contributed by atoms with Gasteiger partial charge in [0.15, 0.2) is 12.6 Å². The summed E-state index contributed by atoms with van der Waals surface area (Å²) < 4.78 is 50.3. The second-order valence-corrected chi connectivity index (χ2v) is 17.4. The fourth-order valence-corrected chi connectivity index (χ4v) is 9.28. The fraction of sp³-hybridized carbons (Fsp3) is 0.974. The Morgan fingerprint density at radius 1 is 1.02 bits per heavy atom. The molecule has 0 spiro atoms. The summed E-state index contributed by atoms with van der Waals surface area (Å²) in [5.74, 6) is -2.15. The Hall–Kier alpha value is -0.945. The second-order valence-electron chi connectivity index (χ2n) is 17.4. The topological polar surface area (TPSA) is 158 Å². The van der Waals surface area contributed by atoms with Gasteiger partial charge in [-0.05, 0) is 94.8 Å². The van der Waals surface area contributed by atoms with Crippen LogP contribution < -0.4 is 0 Å². The lowest BCUT2D eigenvalue weighted by molar-refractivity contribution is -0.318. The summed E-state index contributed by atoms with van der Waals surface area (Å²) in [6.45, 7) is 19.4. The largest absolute Gasteiger partial charge is 0.488 e. The highest BCUT2D eigenvalue weighted by Gasteiger charge is 2.55. The molecule has 0 aromatic heterocycles. The molecule has 4 fully saturated rings. The van der Waals surface area contributed by atoms with E-state index in [1.54, 1.807) is 27.7 Å². The average Bonchev–Trinajstić information content (AvgIpc) is 3.48. The molecule has 0 aromatic carbocycles. The van der Waals surface area contributed by atoms with Gasteiger partial charge in [0.25, 0.3) is 0 Å². The van der Waals surface area contributed by atoms with Crippen LogP contribution in [0.25, 0.3) is 0 Å². The van der Waals surface area contributed by atoms with Gasteiger partial charge in [0.1, 0.15) is 23.9 Å². The minimum Gasteiger partial charge on any atom is -0.459 e. The number of fused-ring (bicyclic) bond motifs is 1. The summed E-state index contributed by atoms with van der Waals surface area (Å²) >= 11 is 0. The van der Waals surface area contributed by atoms with Crippen LogP contribution in [0, 0.1) is 17.8 Å². The number of hydrogen-bond donors (Lipinski definition) is 3. The predicted octanol–water partition coefficient (Wildman–Crippen LogP) is 2.50. The van der Waals surface area contributed by atoms with Crippen LogP contribution in [0.3, 0.4) is 0 Å². The molecule has 4 saturated heterocycles. The van der Waals surface area contributed by atoms with Crippen LogP contribution in [0.4, 0.5) is 0 Å². The van der Waals surface area contributed by atoms with Crippen molar-refractivity contribution in [2.75, 3.05) is 34.8 Å². The first kappa shape index (κ1) is 44.8. The third-order valence-electron chi connectivity index (χ3n) is 12.6. The van der Waals surface area contributed by atoms with Gasteiger partial charge in [0.05, 0.1) is 47.6 Å². The molecule has 4 rings (SSSR count). The first-order valence-electron chi connectivity index (χ1n) is 19.6. The average molecular weight is 758 g/mol. The van der Waals surface area contributed by atoms with E-state index in [-0.39, 0.29) is 30.5 Å². The van der Waals surface area contributed by atoms with E-state index in [0.717, 1.165) is 0 Å². The molecule has 0 amide bonds. The number of esters is 1. The highest BCUT2D eigenvalue weighted by atomic mass is 16.7. The van der Waals surface area contributed by atoms with E-state index in [1.807, 2.05) is 53.7 Å². The molecule has 18 atom stereocenters. The molecule has 4 aliphatic heterocycles. The molecule has 0 aromatic rings. The first-order valence-corrected chi connectivity index (χ1v) is 19.6. The van der Waals surface area contributed by atoms with Crippen molar-refractivity contribution in [2.45, 2.75) is 185 Å². The Kier molecular flexibility index (Phi) is 14.9.